The molecule has 3 rings (SSSR count). The Labute approximate surface area is 259 Å². The molecule has 42 heavy (non-hydrogen) atoms. The van der Waals surface area contributed by atoms with E-state index in [1.807, 2.05) is 0 Å². The third kappa shape index (κ3) is 15.0. The molecule has 0 radical (unpaired) electrons. The lowest BCUT2D eigenvalue weighted by molar-refractivity contribution is -0.966. The summed E-state index contributed by atoms with van der Waals surface area (Å²) in [5.41, 5.74) is 4.34. The van der Waals surface area contributed by atoms with E-state index in [1.54, 1.807) is 0 Å². The number of hydrogen-bond acceptors (Lipinski definition) is 0. The molecule has 0 N–H and O–H groups in total. The van der Waals surface area contributed by atoms with Crippen LogP contribution >= 0.6 is 0 Å². The lowest BCUT2D eigenvalue weighted by Gasteiger charge is -2.39. The van der Waals surface area contributed by atoms with Crippen molar-refractivity contribution >= 4 is 0 Å². The highest BCUT2D eigenvalue weighted by Crippen LogP contribution is 2.26. The molecule has 0 unspecified atom stereocenters. The normalized spacial score (nSPS) is 11.8. The quantitative estimate of drug-likeness (QED) is 0.0574. The summed E-state index contributed by atoms with van der Waals surface area (Å²) in [5, 5.41) is 0. The van der Waals surface area contributed by atoms with Gasteiger partial charge >= 0.3 is 0 Å². The topological polar surface area (TPSA) is 0 Å². The molecule has 0 bridgehead atoms. The maximum Gasteiger partial charge on any atom is 0.105 e. The number of unbranched alkanes of at least 4 members (excludes halogenated alkanes) is 14. The Morgan fingerprint density at radius 1 is 0.405 bits per heavy atom. The monoisotopic (exact) mass is 566 g/mol. The standard InChI is InChI=1S/C41H60N/c1-2-3-4-5-6-7-8-9-10-11-12-13-14-15-16-17-18-28-35-42(36-39-29-22-19-23-30-39,37-40-31-24-20-25-32-40)38-41-33-26-21-27-34-41/h10-11,19-27,29-34H,2-9,12-18,28,35-38H2,1H3/q+1/b11-10+. The van der Waals surface area contributed by atoms with Crippen molar-refractivity contribution in [3.05, 3.63) is 120 Å². The minimum atomic E-state index is 1.08. The van der Waals surface area contributed by atoms with E-state index < -0.39 is 0 Å². The molecule has 0 aliphatic carbocycles. The highest BCUT2D eigenvalue weighted by Gasteiger charge is 2.28. The predicted molar refractivity (Wildman–Crippen MR) is 184 cm³/mol. The van der Waals surface area contributed by atoms with Gasteiger partial charge in [0.15, 0.2) is 0 Å². The number of nitrogens with zero attached hydrogens (tertiary/aromatic N) is 1. The molecule has 0 aliphatic rings. The summed E-state index contributed by atoms with van der Waals surface area (Å²) in [5.74, 6) is 0. The van der Waals surface area contributed by atoms with E-state index in [1.165, 1.54) is 126 Å². The van der Waals surface area contributed by atoms with Gasteiger partial charge in [-0.1, -0.05) is 174 Å². The van der Waals surface area contributed by atoms with Crippen molar-refractivity contribution in [2.75, 3.05) is 6.54 Å². The van der Waals surface area contributed by atoms with Crippen molar-refractivity contribution in [1.82, 2.24) is 0 Å². The lowest BCUT2D eigenvalue weighted by atomic mass is 10.0. The van der Waals surface area contributed by atoms with Crippen LogP contribution in [0.3, 0.4) is 0 Å². The zero-order valence-corrected chi connectivity index (χ0v) is 26.9. The smallest absolute Gasteiger partial charge is 0.105 e. The first-order chi connectivity index (χ1) is 20.8. The second-order valence-electron chi connectivity index (χ2n) is 12.6. The molecule has 0 heterocycles. The van der Waals surface area contributed by atoms with Crippen molar-refractivity contribution in [2.24, 2.45) is 0 Å². The van der Waals surface area contributed by atoms with Crippen LogP contribution in [0, 0.1) is 0 Å². The van der Waals surface area contributed by atoms with Crippen LogP contribution in [0.5, 0.6) is 0 Å². The summed E-state index contributed by atoms with van der Waals surface area (Å²) in [6.45, 7) is 6.76. The number of benzene rings is 3. The van der Waals surface area contributed by atoms with E-state index in [0.717, 1.165) is 24.1 Å². The Morgan fingerprint density at radius 2 is 0.738 bits per heavy atom. The summed E-state index contributed by atoms with van der Waals surface area (Å²) in [6.07, 6.45) is 26.8. The fourth-order valence-electron chi connectivity index (χ4n) is 6.37. The molecule has 3 aromatic rings. The van der Waals surface area contributed by atoms with E-state index in [9.17, 15) is 0 Å². The summed E-state index contributed by atoms with van der Waals surface area (Å²) >= 11 is 0. The Kier molecular flexibility index (Phi) is 17.7. The van der Waals surface area contributed by atoms with Gasteiger partial charge in [0.2, 0.25) is 0 Å². The zero-order chi connectivity index (χ0) is 29.4. The van der Waals surface area contributed by atoms with Gasteiger partial charge < -0.3 is 4.48 Å². The molecule has 0 amide bonds. The number of quaternary nitrogens is 1. The van der Waals surface area contributed by atoms with E-state index in [0.29, 0.717) is 0 Å². The van der Waals surface area contributed by atoms with Crippen LogP contribution in [0.15, 0.2) is 103 Å². The molecule has 0 atom stereocenters. The minimum Gasteiger partial charge on any atom is -0.312 e. The largest absolute Gasteiger partial charge is 0.312 e. The molecule has 0 fully saturated rings. The van der Waals surface area contributed by atoms with Crippen LogP contribution < -0.4 is 0 Å². The van der Waals surface area contributed by atoms with Crippen molar-refractivity contribution in [3.8, 4) is 0 Å². The highest BCUT2D eigenvalue weighted by atomic mass is 15.3. The van der Waals surface area contributed by atoms with Crippen LogP contribution in [0.4, 0.5) is 0 Å². The minimum absolute atomic E-state index is 1.08. The first-order valence-corrected chi connectivity index (χ1v) is 17.4. The zero-order valence-electron chi connectivity index (χ0n) is 26.9. The molecular formula is C41H60N+. The lowest BCUT2D eigenvalue weighted by Crippen LogP contribution is -2.46. The Hall–Kier alpha value is -2.64. The highest BCUT2D eigenvalue weighted by molar-refractivity contribution is 5.17. The summed E-state index contributed by atoms with van der Waals surface area (Å²) in [6, 6.07) is 33.5. The molecule has 0 saturated carbocycles. The number of allylic oxidation sites excluding steroid dienone is 2. The summed E-state index contributed by atoms with van der Waals surface area (Å²) < 4.78 is 1.09. The average molecular weight is 567 g/mol. The third-order valence-electron chi connectivity index (χ3n) is 8.73. The van der Waals surface area contributed by atoms with Crippen LogP contribution in [-0.2, 0) is 19.6 Å². The maximum atomic E-state index is 2.45. The molecule has 3 aromatic carbocycles. The Balaban J connectivity index is 1.38. The van der Waals surface area contributed by atoms with Crippen LogP contribution in [-0.4, -0.2) is 11.0 Å². The van der Waals surface area contributed by atoms with E-state index >= 15 is 0 Å². The summed E-state index contributed by atoms with van der Waals surface area (Å²) in [4.78, 5) is 0. The molecule has 228 valence electrons. The molecular weight excluding hydrogens is 506 g/mol. The SMILES string of the molecule is CCCCCCCCC/C=C/CCCCCCCCC[N+](Cc1ccccc1)(Cc1ccccc1)Cc1ccccc1. The first-order valence-electron chi connectivity index (χ1n) is 17.4. The van der Waals surface area contributed by atoms with Crippen molar-refractivity contribution in [1.29, 1.82) is 0 Å². The second-order valence-corrected chi connectivity index (χ2v) is 12.6. The van der Waals surface area contributed by atoms with Crippen LogP contribution in [0.1, 0.15) is 126 Å². The molecule has 1 heteroatoms. The Morgan fingerprint density at radius 3 is 1.12 bits per heavy atom. The van der Waals surface area contributed by atoms with E-state index in [2.05, 4.69) is 110 Å². The van der Waals surface area contributed by atoms with Crippen LogP contribution in [0.2, 0.25) is 0 Å². The van der Waals surface area contributed by atoms with Gasteiger partial charge in [-0.05, 0) is 38.5 Å². The average Bonchev–Trinajstić information content (AvgIpc) is 3.02. The molecule has 0 aliphatic heterocycles. The fourth-order valence-corrected chi connectivity index (χ4v) is 6.37. The van der Waals surface area contributed by atoms with Gasteiger partial charge in [0.25, 0.3) is 0 Å². The molecule has 0 spiro atoms. The van der Waals surface area contributed by atoms with Gasteiger partial charge in [0.05, 0.1) is 6.54 Å². The van der Waals surface area contributed by atoms with Gasteiger partial charge in [-0.25, -0.2) is 0 Å². The molecule has 1 nitrogen and oxygen atoms in total. The van der Waals surface area contributed by atoms with Gasteiger partial charge in [-0.2, -0.15) is 0 Å². The van der Waals surface area contributed by atoms with Crippen LogP contribution in [0.25, 0.3) is 0 Å². The van der Waals surface area contributed by atoms with Gasteiger partial charge in [0.1, 0.15) is 19.6 Å². The third-order valence-corrected chi connectivity index (χ3v) is 8.73. The van der Waals surface area contributed by atoms with Gasteiger partial charge in [0, 0.05) is 16.7 Å². The second kappa shape index (κ2) is 22.0. The predicted octanol–water partition coefficient (Wildman–Crippen LogP) is 12.2. The summed E-state index contributed by atoms with van der Waals surface area (Å²) in [7, 11) is 0. The van der Waals surface area contributed by atoms with Gasteiger partial charge in [-0.3, -0.25) is 0 Å². The van der Waals surface area contributed by atoms with E-state index in [-0.39, 0.29) is 0 Å². The van der Waals surface area contributed by atoms with Crippen molar-refractivity contribution < 1.29 is 4.48 Å². The number of rotatable bonds is 24. The maximum absolute atomic E-state index is 2.45. The fraction of sp³-hybridized carbons (Fsp3) is 0.512. The molecule has 0 saturated heterocycles. The Bertz CT molecular complexity index is 939. The van der Waals surface area contributed by atoms with Gasteiger partial charge in [-0.15, -0.1) is 0 Å². The van der Waals surface area contributed by atoms with E-state index in [4.69, 9.17) is 0 Å². The first kappa shape index (κ1) is 33.9. The molecule has 0 aromatic heterocycles. The number of hydrogen-bond donors (Lipinski definition) is 0. The van der Waals surface area contributed by atoms with Crippen molar-refractivity contribution in [2.45, 2.75) is 129 Å². The van der Waals surface area contributed by atoms with Crippen molar-refractivity contribution in [3.63, 3.8) is 0 Å².